The quantitative estimate of drug-likeness (QED) is 0.813. The van der Waals surface area contributed by atoms with E-state index in [1.807, 2.05) is 12.1 Å². The predicted molar refractivity (Wildman–Crippen MR) is 76.5 cm³/mol. The number of aliphatic hydroxyl groups is 1. The second-order valence-electron chi connectivity index (χ2n) is 5.61. The Morgan fingerprint density at radius 1 is 1.35 bits per heavy atom. The Morgan fingerprint density at radius 3 is 2.75 bits per heavy atom. The molecule has 0 aliphatic carbocycles. The molecule has 2 unspecified atom stereocenters. The average molecular weight is 280 g/mol. The Kier molecular flexibility index (Phi) is 5.16. The standard InChI is InChI=1S/C16H24O4/c1-16(17,11-15(18-2)19-3)10-14-13-7-5-4-6-12(13)8-9-20-14/h4-7,14-15,17H,8-11H2,1-3H3. The lowest BCUT2D eigenvalue weighted by molar-refractivity contribution is -0.149. The molecule has 1 aliphatic heterocycles. The van der Waals surface area contributed by atoms with Crippen LogP contribution >= 0.6 is 0 Å². The molecule has 20 heavy (non-hydrogen) atoms. The van der Waals surface area contributed by atoms with Crippen molar-refractivity contribution in [3.8, 4) is 0 Å². The van der Waals surface area contributed by atoms with Gasteiger partial charge in [0.1, 0.15) is 0 Å². The van der Waals surface area contributed by atoms with Crippen LogP contribution in [-0.4, -0.2) is 37.8 Å². The van der Waals surface area contributed by atoms with Crippen molar-refractivity contribution < 1.29 is 19.3 Å². The van der Waals surface area contributed by atoms with E-state index in [-0.39, 0.29) is 6.10 Å². The van der Waals surface area contributed by atoms with Crippen LogP contribution in [0.5, 0.6) is 0 Å². The Labute approximate surface area is 120 Å². The molecule has 4 heteroatoms. The van der Waals surface area contributed by atoms with E-state index in [0.717, 1.165) is 6.42 Å². The van der Waals surface area contributed by atoms with Crippen LogP contribution in [0.25, 0.3) is 0 Å². The molecule has 0 spiro atoms. The Morgan fingerprint density at radius 2 is 2.05 bits per heavy atom. The van der Waals surface area contributed by atoms with E-state index >= 15 is 0 Å². The lowest BCUT2D eigenvalue weighted by Gasteiger charge is -2.33. The third-order valence-electron chi connectivity index (χ3n) is 3.85. The molecule has 0 radical (unpaired) electrons. The summed E-state index contributed by atoms with van der Waals surface area (Å²) >= 11 is 0. The molecule has 0 bridgehead atoms. The molecule has 1 heterocycles. The van der Waals surface area contributed by atoms with E-state index in [2.05, 4.69) is 12.1 Å². The minimum absolute atomic E-state index is 0.0655. The van der Waals surface area contributed by atoms with Crippen molar-refractivity contribution in [3.63, 3.8) is 0 Å². The fraction of sp³-hybridized carbons (Fsp3) is 0.625. The van der Waals surface area contributed by atoms with Gasteiger partial charge in [-0.25, -0.2) is 0 Å². The maximum Gasteiger partial charge on any atom is 0.159 e. The number of methoxy groups -OCH3 is 2. The SMILES string of the molecule is COC(CC(C)(O)CC1OCCc2ccccc21)OC. The van der Waals surface area contributed by atoms with Gasteiger partial charge in [0.15, 0.2) is 6.29 Å². The molecule has 2 atom stereocenters. The van der Waals surface area contributed by atoms with E-state index in [1.165, 1.54) is 11.1 Å². The van der Waals surface area contributed by atoms with E-state index in [1.54, 1.807) is 21.1 Å². The topological polar surface area (TPSA) is 47.9 Å². The molecule has 0 aromatic heterocycles. The summed E-state index contributed by atoms with van der Waals surface area (Å²) in [5.41, 5.74) is 1.60. The first-order chi connectivity index (χ1) is 9.55. The van der Waals surface area contributed by atoms with Crippen LogP contribution in [0.1, 0.15) is 37.0 Å². The highest BCUT2D eigenvalue weighted by Gasteiger charge is 2.32. The van der Waals surface area contributed by atoms with Crippen LogP contribution in [0, 0.1) is 0 Å². The highest BCUT2D eigenvalue weighted by molar-refractivity contribution is 5.31. The summed E-state index contributed by atoms with van der Waals surface area (Å²) in [7, 11) is 3.16. The first-order valence-electron chi connectivity index (χ1n) is 7.03. The number of ether oxygens (including phenoxy) is 3. The zero-order valence-corrected chi connectivity index (χ0v) is 12.5. The number of hydrogen-bond donors (Lipinski definition) is 1. The second-order valence-corrected chi connectivity index (χ2v) is 5.61. The number of benzene rings is 1. The van der Waals surface area contributed by atoms with Gasteiger partial charge in [-0.3, -0.25) is 0 Å². The molecule has 112 valence electrons. The summed E-state index contributed by atoms with van der Waals surface area (Å²) in [6.07, 6.45) is 1.43. The molecule has 0 saturated heterocycles. The molecule has 1 aromatic rings. The highest BCUT2D eigenvalue weighted by atomic mass is 16.7. The van der Waals surface area contributed by atoms with Crippen molar-refractivity contribution in [2.24, 2.45) is 0 Å². The van der Waals surface area contributed by atoms with Gasteiger partial charge in [0.25, 0.3) is 0 Å². The van der Waals surface area contributed by atoms with Gasteiger partial charge in [-0.05, 0) is 24.5 Å². The summed E-state index contributed by atoms with van der Waals surface area (Å²) in [5, 5.41) is 10.6. The monoisotopic (exact) mass is 280 g/mol. The third kappa shape index (κ3) is 3.79. The molecule has 0 amide bonds. The minimum atomic E-state index is -0.897. The van der Waals surface area contributed by atoms with Crippen molar-refractivity contribution in [3.05, 3.63) is 35.4 Å². The second kappa shape index (κ2) is 6.68. The van der Waals surface area contributed by atoms with Crippen LogP contribution in [-0.2, 0) is 20.6 Å². The Balaban J connectivity index is 2.06. The minimum Gasteiger partial charge on any atom is -0.390 e. The van der Waals surface area contributed by atoms with Crippen LogP contribution in [0.4, 0.5) is 0 Å². The summed E-state index contributed by atoms with van der Waals surface area (Å²) in [6, 6.07) is 8.28. The first kappa shape index (κ1) is 15.4. The largest absolute Gasteiger partial charge is 0.390 e. The third-order valence-corrected chi connectivity index (χ3v) is 3.85. The first-order valence-corrected chi connectivity index (χ1v) is 7.03. The molecular weight excluding hydrogens is 256 g/mol. The molecule has 1 aliphatic rings. The van der Waals surface area contributed by atoms with Gasteiger partial charge >= 0.3 is 0 Å². The number of hydrogen-bond acceptors (Lipinski definition) is 4. The van der Waals surface area contributed by atoms with Crippen LogP contribution in [0.3, 0.4) is 0 Å². The fourth-order valence-electron chi connectivity index (χ4n) is 2.75. The van der Waals surface area contributed by atoms with Crippen LogP contribution < -0.4 is 0 Å². The molecule has 4 nitrogen and oxygen atoms in total. The maximum absolute atomic E-state index is 10.6. The normalized spacial score (nSPS) is 21.6. The smallest absolute Gasteiger partial charge is 0.159 e. The van der Waals surface area contributed by atoms with Crippen molar-refractivity contribution in [2.45, 2.75) is 44.2 Å². The zero-order chi connectivity index (χ0) is 14.6. The molecule has 0 fully saturated rings. The van der Waals surface area contributed by atoms with Crippen molar-refractivity contribution in [1.82, 2.24) is 0 Å². The highest BCUT2D eigenvalue weighted by Crippen LogP contribution is 2.35. The van der Waals surface area contributed by atoms with Gasteiger partial charge in [0, 0.05) is 27.1 Å². The summed E-state index contributed by atoms with van der Waals surface area (Å²) < 4.78 is 16.2. The fourth-order valence-corrected chi connectivity index (χ4v) is 2.75. The van der Waals surface area contributed by atoms with Gasteiger partial charge in [0.2, 0.25) is 0 Å². The lowest BCUT2D eigenvalue weighted by atomic mass is 9.87. The summed E-state index contributed by atoms with van der Waals surface area (Å²) in [4.78, 5) is 0. The summed E-state index contributed by atoms with van der Waals surface area (Å²) in [6.45, 7) is 2.51. The predicted octanol–water partition coefficient (Wildman–Crippen LogP) is 2.45. The van der Waals surface area contributed by atoms with E-state index < -0.39 is 11.9 Å². The summed E-state index contributed by atoms with van der Waals surface area (Å²) in [5.74, 6) is 0. The molecule has 0 saturated carbocycles. The van der Waals surface area contributed by atoms with Crippen LogP contribution in [0.2, 0.25) is 0 Å². The van der Waals surface area contributed by atoms with Crippen LogP contribution in [0.15, 0.2) is 24.3 Å². The maximum atomic E-state index is 10.6. The van der Waals surface area contributed by atoms with Gasteiger partial charge in [-0.15, -0.1) is 0 Å². The van der Waals surface area contributed by atoms with Crippen molar-refractivity contribution in [1.29, 1.82) is 0 Å². The lowest BCUT2D eigenvalue weighted by Crippen LogP contribution is -2.35. The van der Waals surface area contributed by atoms with E-state index in [9.17, 15) is 5.11 Å². The van der Waals surface area contributed by atoms with Gasteiger partial charge in [-0.2, -0.15) is 0 Å². The molecular formula is C16H24O4. The van der Waals surface area contributed by atoms with Gasteiger partial charge in [-0.1, -0.05) is 24.3 Å². The Hall–Kier alpha value is -0.940. The van der Waals surface area contributed by atoms with E-state index in [0.29, 0.717) is 19.4 Å². The molecule has 2 rings (SSSR count). The molecule has 1 aromatic carbocycles. The van der Waals surface area contributed by atoms with Gasteiger partial charge in [0.05, 0.1) is 18.3 Å². The Bertz CT molecular complexity index is 426. The number of rotatable bonds is 6. The average Bonchev–Trinajstić information content (AvgIpc) is 2.45. The number of fused-ring (bicyclic) bond motifs is 1. The van der Waals surface area contributed by atoms with Crippen molar-refractivity contribution in [2.75, 3.05) is 20.8 Å². The van der Waals surface area contributed by atoms with E-state index in [4.69, 9.17) is 14.2 Å². The zero-order valence-electron chi connectivity index (χ0n) is 12.5. The van der Waals surface area contributed by atoms with Gasteiger partial charge < -0.3 is 19.3 Å². The van der Waals surface area contributed by atoms with Crippen molar-refractivity contribution >= 4 is 0 Å². The molecule has 1 N–H and O–H groups in total.